The van der Waals surface area contributed by atoms with E-state index in [1.54, 1.807) is 6.20 Å². The molecule has 0 aliphatic rings. The molecule has 0 amide bonds. The Hall–Kier alpha value is -5.15. The Bertz CT molecular complexity index is 2370. The van der Waals surface area contributed by atoms with Gasteiger partial charge in [-0.15, -0.1) is 71.8 Å². The first-order chi connectivity index (χ1) is 24.2. The zero-order valence-electron chi connectivity index (χ0n) is 29.7. The summed E-state index contributed by atoms with van der Waals surface area (Å²) in [5, 5.41) is 2.42. The van der Waals surface area contributed by atoms with Gasteiger partial charge < -0.3 is 9.55 Å². The zero-order chi connectivity index (χ0) is 34.7. The summed E-state index contributed by atoms with van der Waals surface area (Å²) in [5.41, 5.74) is 8.40. The summed E-state index contributed by atoms with van der Waals surface area (Å²) in [6.07, 6.45) is 0.418. The Balaban J connectivity index is 0.000000172. The maximum Gasteiger partial charge on any atom is 0.0780 e. The molecular weight excluding hydrogens is 775 g/mol. The van der Waals surface area contributed by atoms with Crippen LogP contribution in [-0.4, -0.2) is 14.5 Å². The van der Waals surface area contributed by atoms with E-state index in [1.165, 1.54) is 10.8 Å². The minimum atomic E-state index is -1.38. The van der Waals surface area contributed by atoms with Crippen molar-refractivity contribution in [2.45, 2.75) is 27.1 Å². The molecule has 6 aromatic carbocycles. The van der Waals surface area contributed by atoms with Gasteiger partial charge in [0.2, 0.25) is 0 Å². The molecule has 0 bridgehead atoms. The van der Waals surface area contributed by atoms with Gasteiger partial charge in [0.05, 0.1) is 16.9 Å². The molecule has 0 saturated carbocycles. The van der Waals surface area contributed by atoms with Crippen LogP contribution in [0.5, 0.6) is 0 Å². The summed E-state index contributed by atoms with van der Waals surface area (Å²) in [5.74, 6) is 0.914. The fraction of sp³-hybridized carbons (Fsp3) is 0.111. The van der Waals surface area contributed by atoms with Crippen LogP contribution in [0.25, 0.3) is 61.3 Å². The van der Waals surface area contributed by atoms with Crippen molar-refractivity contribution in [2.75, 3.05) is 0 Å². The van der Waals surface area contributed by atoms with E-state index in [9.17, 15) is 0 Å². The third-order valence-corrected chi connectivity index (χ3v) is 7.97. The van der Waals surface area contributed by atoms with E-state index in [1.807, 2.05) is 106 Å². The van der Waals surface area contributed by atoms with Crippen molar-refractivity contribution < 1.29 is 22.8 Å². The van der Waals surface area contributed by atoms with Crippen LogP contribution >= 0.6 is 0 Å². The van der Waals surface area contributed by atoms with Crippen LogP contribution in [0, 0.1) is 17.5 Å². The predicted octanol–water partition coefficient (Wildman–Crippen LogP) is 11.4. The quantitative estimate of drug-likeness (QED) is 0.162. The summed E-state index contributed by atoms with van der Waals surface area (Å²) in [7, 11) is 0. The number of rotatable bonds is 5. The molecule has 243 valence electrons. The van der Waals surface area contributed by atoms with Crippen LogP contribution in [-0.2, 0) is 26.5 Å². The van der Waals surface area contributed by atoms with Gasteiger partial charge in [0.1, 0.15) is 0 Å². The monoisotopic (exact) mass is 814 g/mol. The number of hydrogen-bond donors (Lipinski definition) is 0. The topological polar surface area (TPSA) is 30.7 Å². The van der Waals surface area contributed by atoms with Gasteiger partial charge in [-0.2, -0.15) is 0 Å². The fourth-order valence-electron chi connectivity index (χ4n) is 5.80. The standard InChI is InChI=1S/C23H15N2.C22H22N.Ir/c1-3-9-17(10-4-1)23-24-21-15-18-11-7-8-12-19(18)16-22(21)25(23)20-13-5-2-6-14-20;1-22(2,3)16-17-9-11-18(12-10-17)20-13-14-23-21(15-20)19-7-5-4-6-8-19;/h1-9,11-16H;4-7,9-15H,16H2,1-3H3;/q2*-1;/i;16D2;. The summed E-state index contributed by atoms with van der Waals surface area (Å²) in [6, 6.07) is 57.2. The number of pyridine rings is 1. The van der Waals surface area contributed by atoms with E-state index < -0.39 is 11.8 Å². The maximum absolute atomic E-state index is 8.39. The molecule has 0 aliphatic heterocycles. The van der Waals surface area contributed by atoms with E-state index in [0.29, 0.717) is 5.56 Å². The van der Waals surface area contributed by atoms with Crippen LogP contribution < -0.4 is 0 Å². The van der Waals surface area contributed by atoms with Crippen LogP contribution in [0.3, 0.4) is 0 Å². The normalized spacial score (nSPS) is 12.0. The Labute approximate surface area is 305 Å². The molecule has 2 aromatic heterocycles. The molecule has 0 spiro atoms. The summed E-state index contributed by atoms with van der Waals surface area (Å²) >= 11 is 0. The van der Waals surface area contributed by atoms with Crippen LogP contribution in [0.15, 0.2) is 158 Å². The number of nitrogens with zero attached hydrogens (tertiary/aromatic N) is 3. The Morgan fingerprint density at radius 1 is 0.653 bits per heavy atom. The summed E-state index contributed by atoms with van der Waals surface area (Å²) < 4.78 is 19.0. The van der Waals surface area contributed by atoms with Crippen LogP contribution in [0.2, 0.25) is 0 Å². The van der Waals surface area contributed by atoms with Gasteiger partial charge in [-0.1, -0.05) is 93.6 Å². The van der Waals surface area contributed by atoms with Crippen molar-refractivity contribution in [3.63, 3.8) is 0 Å². The third-order valence-electron chi connectivity index (χ3n) is 7.97. The molecule has 0 saturated heterocycles. The number of hydrogen-bond acceptors (Lipinski definition) is 2. The fourth-order valence-corrected chi connectivity index (χ4v) is 5.80. The average molecular weight is 814 g/mol. The second-order valence-corrected chi connectivity index (χ2v) is 12.7. The van der Waals surface area contributed by atoms with E-state index in [4.69, 9.17) is 7.73 Å². The SMILES string of the molecule is [2H]C([2H])(c1ccc(-c2ccnc(-c3[c-]cccc3)c2)cc1)C(C)(C)C.[Ir].[c-]1ccccc1-c1nc2cc3ccccc3cc2n1-c1ccccc1. The second kappa shape index (κ2) is 15.0. The first kappa shape index (κ1) is 31.1. The molecular formula is C45H37IrN3-2. The first-order valence-corrected chi connectivity index (χ1v) is 16.2. The molecule has 8 aromatic rings. The smallest absolute Gasteiger partial charge is 0.0780 e. The Morgan fingerprint density at radius 3 is 1.94 bits per heavy atom. The number of para-hydroxylation sites is 1. The van der Waals surface area contributed by atoms with Crippen molar-refractivity contribution >= 4 is 21.8 Å². The van der Waals surface area contributed by atoms with E-state index in [-0.39, 0.29) is 20.1 Å². The van der Waals surface area contributed by atoms with Crippen molar-refractivity contribution in [3.8, 4) is 39.5 Å². The second-order valence-electron chi connectivity index (χ2n) is 12.7. The average Bonchev–Trinajstić information content (AvgIpc) is 3.53. The molecule has 49 heavy (non-hydrogen) atoms. The molecule has 2 heterocycles. The molecule has 3 nitrogen and oxygen atoms in total. The van der Waals surface area contributed by atoms with Crippen molar-refractivity contribution in [2.24, 2.45) is 5.41 Å². The number of fused-ring (bicyclic) bond motifs is 2. The van der Waals surface area contributed by atoms with E-state index in [0.717, 1.165) is 50.5 Å². The molecule has 0 atom stereocenters. The van der Waals surface area contributed by atoms with E-state index >= 15 is 0 Å². The zero-order valence-corrected chi connectivity index (χ0v) is 30.1. The summed E-state index contributed by atoms with van der Waals surface area (Å²) in [6.45, 7) is 5.77. The molecule has 8 rings (SSSR count). The Morgan fingerprint density at radius 2 is 1.29 bits per heavy atom. The first-order valence-electron chi connectivity index (χ1n) is 17.2. The number of benzene rings is 6. The summed E-state index contributed by atoms with van der Waals surface area (Å²) in [4.78, 5) is 9.37. The molecule has 0 N–H and O–H groups in total. The molecule has 0 aliphatic carbocycles. The molecule has 1 radical (unpaired) electrons. The maximum atomic E-state index is 8.39. The number of aromatic nitrogens is 3. The van der Waals surface area contributed by atoms with E-state index in [2.05, 4.69) is 88.4 Å². The van der Waals surface area contributed by atoms with Crippen LogP contribution in [0.4, 0.5) is 0 Å². The van der Waals surface area contributed by atoms with Gasteiger partial charge in [-0.3, -0.25) is 4.98 Å². The third kappa shape index (κ3) is 7.95. The van der Waals surface area contributed by atoms with Gasteiger partial charge in [0.25, 0.3) is 0 Å². The van der Waals surface area contributed by atoms with Gasteiger partial charge in [-0.05, 0) is 75.3 Å². The van der Waals surface area contributed by atoms with Gasteiger partial charge in [0, 0.05) is 34.7 Å². The molecule has 0 unspecified atom stereocenters. The van der Waals surface area contributed by atoms with Crippen molar-refractivity contribution in [1.29, 1.82) is 0 Å². The van der Waals surface area contributed by atoms with Crippen molar-refractivity contribution in [1.82, 2.24) is 14.5 Å². The molecule has 0 fully saturated rings. The number of imidazole rings is 1. The van der Waals surface area contributed by atoms with Gasteiger partial charge in [0.15, 0.2) is 0 Å². The van der Waals surface area contributed by atoms with Crippen molar-refractivity contribution in [3.05, 3.63) is 176 Å². The molecule has 4 heteroatoms. The van der Waals surface area contributed by atoms with Gasteiger partial charge in [-0.25, -0.2) is 0 Å². The minimum absolute atomic E-state index is 0. The van der Waals surface area contributed by atoms with Crippen LogP contribution in [0.1, 0.15) is 29.1 Å². The minimum Gasteiger partial charge on any atom is -0.333 e. The Kier molecular flexibility index (Phi) is 9.50. The predicted molar refractivity (Wildman–Crippen MR) is 200 cm³/mol. The van der Waals surface area contributed by atoms with Gasteiger partial charge >= 0.3 is 0 Å². The largest absolute Gasteiger partial charge is 0.333 e.